The number of aliphatic hydroxyl groups excluding tert-OH is 1. The second-order valence-corrected chi connectivity index (χ2v) is 61.8. The number of ketones is 1. The summed E-state index contributed by atoms with van der Waals surface area (Å²) >= 11 is 0. The van der Waals surface area contributed by atoms with Crippen molar-refractivity contribution in [1.82, 2.24) is 0 Å². The minimum atomic E-state index is -2.51. The van der Waals surface area contributed by atoms with E-state index in [9.17, 15) is 5.11 Å². The van der Waals surface area contributed by atoms with E-state index >= 15 is 4.79 Å². The van der Waals surface area contributed by atoms with Crippen molar-refractivity contribution in [3.05, 3.63) is 0 Å². The predicted octanol–water partition coefficient (Wildman–Crippen LogP) is 18.1. The molecule has 0 aromatic carbocycles. The Hall–Kier alpha value is 0.651. The molecule has 0 bridgehead atoms. The molecule has 0 rings (SSSR count). The van der Waals surface area contributed by atoms with Gasteiger partial charge in [0.05, 0.1) is 30.5 Å². The van der Waals surface area contributed by atoms with Gasteiger partial charge in [-0.05, 0) is 121 Å². The number of hydrogen-bond donors (Lipinski definition) is 1. The molecule has 0 spiro atoms. The molecule has 0 aliphatic rings. The highest BCUT2D eigenvalue weighted by Gasteiger charge is 2.51. The van der Waals surface area contributed by atoms with E-state index < -0.39 is 62.1 Å². The zero-order valence-corrected chi connectivity index (χ0v) is 63.0. The van der Waals surface area contributed by atoms with E-state index in [1.165, 1.54) is 0 Å². The molecule has 0 aliphatic heterocycles. The molecule has 75 heavy (non-hydrogen) atoms. The van der Waals surface area contributed by atoms with Gasteiger partial charge in [-0.3, -0.25) is 4.79 Å². The van der Waals surface area contributed by atoms with Gasteiger partial charge in [-0.25, -0.2) is 0 Å². The Morgan fingerprint density at radius 2 is 0.680 bits per heavy atom. The standard InChI is InChI=1S/C60H132O9Si6/c1-42(51(66-72(30,31)57(13,14)15)46(5)53(68-74(34,35)59(19,20)21)44(3)41-64-70(26,27)55(7,8)9)38-50(65-71(28,29)56(10,11)12)48(62)39-49(63-25)45(4)54(69-75(36,37)60(22,23)24)47(6)52(43(2)40-61)67-73(32,33)58(16,17)18/h42-47,49-54,61H,38-41H2,1-37H3/t42-,43-,44-,45+,46+,47+,49+,50-,51-,52-,53-,54-/m0/s1. The van der Waals surface area contributed by atoms with Crippen LogP contribution in [0, 0.1) is 35.5 Å². The third-order valence-electron chi connectivity index (χ3n) is 20.5. The first-order valence-corrected chi connectivity index (χ1v) is 47.0. The molecule has 0 aliphatic carbocycles. The molecule has 450 valence electrons. The maximum Gasteiger partial charge on any atom is 0.193 e. The highest BCUT2D eigenvalue weighted by Crippen LogP contribution is 2.47. The summed E-state index contributed by atoms with van der Waals surface area (Å²) in [6, 6.07) is 0. The second kappa shape index (κ2) is 26.9. The van der Waals surface area contributed by atoms with Crippen LogP contribution in [0.3, 0.4) is 0 Å². The monoisotopic (exact) mass is 1160 g/mol. The minimum absolute atomic E-state index is 0.00178. The van der Waals surface area contributed by atoms with E-state index in [-0.39, 0.29) is 109 Å². The molecule has 0 heterocycles. The second-order valence-electron chi connectivity index (χ2n) is 33.2. The maximum absolute atomic E-state index is 15.7. The molecule has 0 aromatic heterocycles. The van der Waals surface area contributed by atoms with E-state index in [2.05, 4.69) is 245 Å². The molecule has 0 radical (unpaired) electrons. The molecule has 0 saturated carbocycles. The molecule has 0 saturated heterocycles. The van der Waals surface area contributed by atoms with Gasteiger partial charge in [0.25, 0.3) is 0 Å². The summed E-state index contributed by atoms with van der Waals surface area (Å²) in [6.07, 6.45) is -1.38. The first kappa shape index (κ1) is 75.7. The lowest BCUT2D eigenvalue weighted by molar-refractivity contribution is -0.133. The lowest BCUT2D eigenvalue weighted by Gasteiger charge is -2.49. The van der Waals surface area contributed by atoms with Gasteiger partial charge in [-0.15, -0.1) is 0 Å². The molecular weight excluding hydrogens is 1030 g/mol. The summed E-state index contributed by atoms with van der Waals surface area (Å²) in [7, 11) is -12.2. The van der Waals surface area contributed by atoms with Crippen molar-refractivity contribution in [2.75, 3.05) is 20.3 Å². The van der Waals surface area contributed by atoms with Gasteiger partial charge in [0, 0.05) is 56.3 Å². The Morgan fingerprint density at radius 1 is 0.400 bits per heavy atom. The Labute approximate surface area is 474 Å². The van der Waals surface area contributed by atoms with Crippen LogP contribution in [0.5, 0.6) is 0 Å². The lowest BCUT2D eigenvalue weighted by Crippen LogP contribution is -2.55. The van der Waals surface area contributed by atoms with Crippen molar-refractivity contribution in [3.8, 4) is 0 Å². The fourth-order valence-corrected chi connectivity index (χ4v) is 16.7. The number of Topliss-reactive ketones (excluding diaryl/α,β-unsaturated/α-hetero) is 1. The van der Waals surface area contributed by atoms with E-state index in [1.807, 2.05) is 0 Å². The highest BCUT2D eigenvalue weighted by molar-refractivity contribution is 6.76. The van der Waals surface area contributed by atoms with Crippen LogP contribution in [-0.4, -0.2) is 118 Å². The molecule has 1 N–H and O–H groups in total. The fourth-order valence-electron chi connectivity index (χ4n) is 8.39. The quantitative estimate of drug-likeness (QED) is 0.0734. The first-order valence-electron chi connectivity index (χ1n) is 29.5. The molecular formula is C60H132O9Si6. The van der Waals surface area contributed by atoms with Gasteiger partial charge >= 0.3 is 0 Å². The molecule has 0 amide bonds. The Morgan fingerprint density at radius 3 is 0.987 bits per heavy atom. The Bertz CT molecular complexity index is 1730. The summed E-state index contributed by atoms with van der Waals surface area (Å²) in [6.45, 7) is 83.3. The predicted molar refractivity (Wildman–Crippen MR) is 341 cm³/mol. The van der Waals surface area contributed by atoms with Crippen LogP contribution in [-0.2, 0) is 36.1 Å². The summed E-state index contributed by atoms with van der Waals surface area (Å²) in [5, 5.41) is 10.6. The van der Waals surface area contributed by atoms with Crippen molar-refractivity contribution in [2.24, 2.45) is 35.5 Å². The summed E-state index contributed by atoms with van der Waals surface area (Å²) in [5.41, 5.74) is 0. The molecule has 9 nitrogen and oxygen atoms in total. The van der Waals surface area contributed by atoms with E-state index in [4.69, 9.17) is 31.3 Å². The van der Waals surface area contributed by atoms with Crippen molar-refractivity contribution >= 4 is 55.7 Å². The third-order valence-corrected chi connectivity index (χ3v) is 47.4. The van der Waals surface area contributed by atoms with E-state index in [1.54, 1.807) is 7.11 Å². The van der Waals surface area contributed by atoms with Crippen LogP contribution in [0.15, 0.2) is 0 Å². The van der Waals surface area contributed by atoms with Crippen molar-refractivity contribution in [3.63, 3.8) is 0 Å². The van der Waals surface area contributed by atoms with E-state index in [0.29, 0.717) is 13.0 Å². The fraction of sp³-hybridized carbons (Fsp3) is 0.983. The smallest absolute Gasteiger partial charge is 0.193 e. The maximum atomic E-state index is 15.7. The van der Waals surface area contributed by atoms with Crippen LogP contribution >= 0.6 is 0 Å². The number of rotatable bonds is 29. The number of aliphatic hydroxyl groups is 1. The van der Waals surface area contributed by atoms with Crippen LogP contribution in [0.2, 0.25) is 109 Å². The number of methoxy groups -OCH3 is 1. The Balaban J connectivity index is 8.11. The number of carbonyl (C=O) groups excluding carboxylic acids is 1. The van der Waals surface area contributed by atoms with Gasteiger partial charge in [0.15, 0.2) is 55.7 Å². The minimum Gasteiger partial charge on any atom is -0.416 e. The third kappa shape index (κ3) is 20.8. The average molecular weight is 1170 g/mol. The zero-order chi connectivity index (χ0) is 60.3. The van der Waals surface area contributed by atoms with Crippen molar-refractivity contribution in [2.45, 2.75) is 324 Å². The van der Waals surface area contributed by atoms with Gasteiger partial charge < -0.3 is 36.4 Å². The first-order chi connectivity index (χ1) is 32.8. The van der Waals surface area contributed by atoms with Gasteiger partial charge in [0.1, 0.15) is 6.10 Å². The lowest BCUT2D eigenvalue weighted by atomic mass is 9.80. The number of carbonyl (C=O) groups is 1. The highest BCUT2D eigenvalue weighted by atomic mass is 28.4. The zero-order valence-electron chi connectivity index (χ0n) is 57.0. The van der Waals surface area contributed by atoms with Crippen LogP contribution in [0.25, 0.3) is 0 Å². The summed E-state index contributed by atoms with van der Waals surface area (Å²) < 4.78 is 51.2. The van der Waals surface area contributed by atoms with Gasteiger partial charge in [-0.1, -0.05) is 166 Å². The van der Waals surface area contributed by atoms with Crippen LogP contribution < -0.4 is 0 Å². The molecule has 12 atom stereocenters. The van der Waals surface area contributed by atoms with E-state index in [0.717, 1.165) is 0 Å². The van der Waals surface area contributed by atoms with Crippen LogP contribution in [0.4, 0.5) is 0 Å². The van der Waals surface area contributed by atoms with Crippen LogP contribution in [0.1, 0.15) is 179 Å². The van der Waals surface area contributed by atoms with Gasteiger partial charge in [0.2, 0.25) is 0 Å². The number of hydrogen-bond acceptors (Lipinski definition) is 9. The molecule has 0 fully saturated rings. The topological polar surface area (TPSA) is 102 Å². The number of ether oxygens (including phenoxy) is 1. The van der Waals surface area contributed by atoms with Crippen molar-refractivity contribution in [1.29, 1.82) is 0 Å². The summed E-state index contributed by atoms with van der Waals surface area (Å²) in [5.74, 6) is -0.344. The normalized spacial score (nSPS) is 19.9. The SMILES string of the molecule is CO[C@H](CC(=O)[C@H](C[C@H](C)[C@H](O[Si](C)(C)C(C)(C)C)[C@@H](C)[C@@H](O[Si](C)(C)C(C)(C)C)[C@@H](C)CO[Si](C)(C)C(C)(C)C)O[Si](C)(C)C(C)(C)C)[C@@H](C)[C@H](O[Si](C)(C)C(C)(C)C)[C@H](C)[C@@H](O[Si](C)(C)C(C)(C)C)[C@@H](C)CO. The molecule has 0 aromatic rings. The van der Waals surface area contributed by atoms with Crippen molar-refractivity contribution < 1.29 is 41.2 Å². The Kier molecular flexibility index (Phi) is 27.2. The molecule has 15 heteroatoms. The summed E-state index contributed by atoms with van der Waals surface area (Å²) in [4.78, 5) is 15.7. The largest absolute Gasteiger partial charge is 0.416 e. The molecule has 0 unspecified atom stereocenters. The average Bonchev–Trinajstić information content (AvgIpc) is 3.20. The van der Waals surface area contributed by atoms with Gasteiger partial charge in [-0.2, -0.15) is 0 Å².